The van der Waals surface area contributed by atoms with E-state index in [1.54, 1.807) is 10.9 Å². The summed E-state index contributed by atoms with van der Waals surface area (Å²) in [6.45, 7) is 4.66. The molecule has 0 aliphatic carbocycles. The number of nitrogens with one attached hydrogen (secondary N) is 2. The van der Waals surface area contributed by atoms with Gasteiger partial charge in [0.1, 0.15) is 0 Å². The zero-order valence-corrected chi connectivity index (χ0v) is 16.2. The third-order valence-electron chi connectivity index (χ3n) is 4.77. The highest BCUT2D eigenvalue weighted by Gasteiger charge is 2.31. The largest absolute Gasteiger partial charge is 0.335 e. The molecule has 1 aliphatic rings. The number of urea groups is 1. The third kappa shape index (κ3) is 3.80. The van der Waals surface area contributed by atoms with Crippen molar-refractivity contribution in [2.75, 3.05) is 24.7 Å². The number of pyridine rings is 1. The number of anilines is 1. The number of aromatic nitrogens is 3. The lowest BCUT2D eigenvalue weighted by molar-refractivity contribution is 0.211. The summed E-state index contributed by atoms with van der Waals surface area (Å²) < 4.78 is 26.5. The van der Waals surface area contributed by atoms with Crippen molar-refractivity contribution >= 4 is 32.8 Å². The Balaban J connectivity index is 1.63. The van der Waals surface area contributed by atoms with Gasteiger partial charge in [-0.25, -0.2) is 22.5 Å². The summed E-state index contributed by atoms with van der Waals surface area (Å²) in [7, 11) is -1.37. The molecule has 10 heteroatoms. The van der Waals surface area contributed by atoms with Crippen molar-refractivity contribution < 1.29 is 13.2 Å². The molecule has 0 spiro atoms. The summed E-state index contributed by atoms with van der Waals surface area (Å²) >= 11 is 0. The molecule has 1 saturated heterocycles. The van der Waals surface area contributed by atoms with Crippen LogP contribution in [0.3, 0.4) is 0 Å². The van der Waals surface area contributed by atoms with Gasteiger partial charge in [-0.1, -0.05) is 6.92 Å². The Morgan fingerprint density at radius 2 is 2.12 bits per heavy atom. The number of carbonyl (C=O) groups excluding carboxylic acids is 1. The number of rotatable bonds is 3. The summed E-state index contributed by atoms with van der Waals surface area (Å²) in [4.78, 5) is 16.7. The van der Waals surface area contributed by atoms with Crippen LogP contribution in [0.4, 0.5) is 10.5 Å². The third-order valence-corrected chi connectivity index (χ3v) is 6.04. The highest BCUT2D eigenvalue weighted by atomic mass is 32.2. The Bertz CT molecular complexity index is 939. The van der Waals surface area contributed by atoms with Crippen molar-refractivity contribution in [3.05, 3.63) is 18.0 Å². The summed E-state index contributed by atoms with van der Waals surface area (Å²) in [6.07, 6.45) is 3.39. The van der Waals surface area contributed by atoms with E-state index in [1.165, 1.54) is 10.6 Å². The number of aryl methyl sites for hydroxylation is 2. The number of sulfonamides is 1. The van der Waals surface area contributed by atoms with Gasteiger partial charge in [-0.3, -0.25) is 4.68 Å². The van der Waals surface area contributed by atoms with E-state index < -0.39 is 10.0 Å². The lowest BCUT2D eigenvalue weighted by Gasteiger charge is -2.35. The van der Waals surface area contributed by atoms with Gasteiger partial charge in [-0.2, -0.15) is 5.10 Å². The van der Waals surface area contributed by atoms with Gasteiger partial charge in [0.25, 0.3) is 0 Å². The van der Waals surface area contributed by atoms with Crippen LogP contribution in [0.2, 0.25) is 0 Å². The standard InChI is InChI=1S/C16H24N6O3S/c1-10-9-22(26(4,24)25)6-5-14(10)19-16(23)18-12-7-13-11(2)20-21(3)15(13)17-8-12/h7-8,10,14H,5-6,9H2,1-4H3,(H2,18,19,23). The van der Waals surface area contributed by atoms with Crippen LogP contribution >= 0.6 is 0 Å². The lowest BCUT2D eigenvalue weighted by Crippen LogP contribution is -2.52. The monoisotopic (exact) mass is 380 g/mol. The molecule has 3 rings (SSSR count). The molecule has 1 fully saturated rings. The topological polar surface area (TPSA) is 109 Å². The number of nitrogens with zero attached hydrogens (tertiary/aromatic N) is 4. The number of amides is 2. The number of hydrogen-bond acceptors (Lipinski definition) is 5. The second-order valence-electron chi connectivity index (χ2n) is 6.90. The van der Waals surface area contributed by atoms with Gasteiger partial charge in [0.15, 0.2) is 5.65 Å². The predicted octanol–water partition coefficient (Wildman–Crippen LogP) is 1.07. The number of hydrogen-bond donors (Lipinski definition) is 2. The fourth-order valence-corrected chi connectivity index (χ4v) is 4.28. The maximum atomic E-state index is 12.3. The molecule has 9 nitrogen and oxygen atoms in total. The minimum absolute atomic E-state index is 0.0328. The normalized spacial score (nSPS) is 21.7. The van der Waals surface area contributed by atoms with Crippen LogP contribution in [-0.2, 0) is 17.1 Å². The van der Waals surface area contributed by atoms with Crippen LogP contribution in [0.5, 0.6) is 0 Å². The van der Waals surface area contributed by atoms with Crippen LogP contribution in [0.15, 0.2) is 12.3 Å². The maximum absolute atomic E-state index is 12.3. The minimum Gasteiger partial charge on any atom is -0.335 e. The lowest BCUT2D eigenvalue weighted by atomic mass is 9.95. The molecule has 0 aromatic carbocycles. The number of carbonyl (C=O) groups is 1. The van der Waals surface area contributed by atoms with Gasteiger partial charge in [0.2, 0.25) is 10.0 Å². The number of fused-ring (bicyclic) bond motifs is 1. The molecule has 2 amide bonds. The van der Waals surface area contributed by atoms with Gasteiger partial charge in [0.05, 0.1) is 23.8 Å². The van der Waals surface area contributed by atoms with E-state index in [2.05, 4.69) is 20.7 Å². The average molecular weight is 380 g/mol. The van der Waals surface area contributed by atoms with Gasteiger partial charge in [-0.15, -0.1) is 0 Å². The first-order valence-corrected chi connectivity index (χ1v) is 10.3. The molecule has 2 N–H and O–H groups in total. The maximum Gasteiger partial charge on any atom is 0.319 e. The molecule has 2 atom stereocenters. The molecule has 142 valence electrons. The van der Waals surface area contributed by atoms with E-state index >= 15 is 0 Å². The van der Waals surface area contributed by atoms with Crippen LogP contribution in [0, 0.1) is 12.8 Å². The second-order valence-corrected chi connectivity index (χ2v) is 8.88. The van der Waals surface area contributed by atoms with Crippen LogP contribution in [0.25, 0.3) is 11.0 Å². The van der Waals surface area contributed by atoms with Crippen molar-refractivity contribution in [3.63, 3.8) is 0 Å². The van der Waals surface area contributed by atoms with Crippen LogP contribution in [-0.4, -0.2) is 58.9 Å². The molecular formula is C16H24N6O3S. The SMILES string of the molecule is Cc1nn(C)c2ncc(NC(=O)NC3CCN(S(C)(=O)=O)CC3C)cc12. The molecular weight excluding hydrogens is 356 g/mol. The Kier molecular flexibility index (Phi) is 4.89. The fourth-order valence-electron chi connectivity index (χ4n) is 3.33. The van der Waals surface area contributed by atoms with Crippen LogP contribution in [0.1, 0.15) is 19.0 Å². The van der Waals surface area contributed by atoms with Gasteiger partial charge in [-0.05, 0) is 25.3 Å². The van der Waals surface area contributed by atoms with E-state index in [4.69, 9.17) is 0 Å². The van der Waals surface area contributed by atoms with Crippen molar-refractivity contribution in [2.45, 2.75) is 26.3 Å². The Hall–Kier alpha value is -2.20. The fraction of sp³-hybridized carbons (Fsp3) is 0.562. The van der Waals surface area contributed by atoms with Crippen LogP contribution < -0.4 is 10.6 Å². The van der Waals surface area contributed by atoms with E-state index in [9.17, 15) is 13.2 Å². The Morgan fingerprint density at radius 3 is 2.77 bits per heavy atom. The number of piperidine rings is 1. The summed E-state index contributed by atoms with van der Waals surface area (Å²) in [5.74, 6) is 0.0328. The quantitative estimate of drug-likeness (QED) is 0.828. The zero-order valence-electron chi connectivity index (χ0n) is 15.4. The van der Waals surface area contributed by atoms with E-state index in [-0.39, 0.29) is 18.0 Å². The highest BCUT2D eigenvalue weighted by Crippen LogP contribution is 2.21. The first-order valence-electron chi connectivity index (χ1n) is 8.47. The molecule has 2 aromatic heterocycles. The van der Waals surface area contributed by atoms with Gasteiger partial charge >= 0.3 is 6.03 Å². The molecule has 0 saturated carbocycles. The van der Waals surface area contributed by atoms with E-state index in [0.29, 0.717) is 25.2 Å². The summed E-state index contributed by atoms with van der Waals surface area (Å²) in [6, 6.07) is 1.45. The molecule has 3 heterocycles. The highest BCUT2D eigenvalue weighted by molar-refractivity contribution is 7.88. The van der Waals surface area contributed by atoms with Crippen molar-refractivity contribution in [1.29, 1.82) is 0 Å². The summed E-state index contributed by atoms with van der Waals surface area (Å²) in [5.41, 5.74) is 2.20. The molecule has 26 heavy (non-hydrogen) atoms. The first-order chi connectivity index (χ1) is 12.1. The first kappa shape index (κ1) is 18.6. The van der Waals surface area contributed by atoms with Crippen molar-refractivity contribution in [3.8, 4) is 0 Å². The molecule has 0 bridgehead atoms. The van der Waals surface area contributed by atoms with Gasteiger partial charge in [0, 0.05) is 31.6 Å². The van der Waals surface area contributed by atoms with Crippen molar-refractivity contribution in [2.24, 2.45) is 13.0 Å². The Morgan fingerprint density at radius 1 is 1.38 bits per heavy atom. The minimum atomic E-state index is -3.19. The molecule has 1 aliphatic heterocycles. The van der Waals surface area contributed by atoms with Gasteiger partial charge < -0.3 is 10.6 Å². The molecule has 0 radical (unpaired) electrons. The predicted molar refractivity (Wildman–Crippen MR) is 99.4 cm³/mol. The second kappa shape index (κ2) is 6.84. The van der Waals surface area contributed by atoms with E-state index in [0.717, 1.165) is 16.7 Å². The van der Waals surface area contributed by atoms with E-state index in [1.807, 2.05) is 27.0 Å². The molecule has 2 unspecified atom stereocenters. The smallest absolute Gasteiger partial charge is 0.319 e. The van der Waals surface area contributed by atoms with Crippen molar-refractivity contribution in [1.82, 2.24) is 24.4 Å². The zero-order chi connectivity index (χ0) is 19.1. The summed E-state index contributed by atoms with van der Waals surface area (Å²) in [5, 5.41) is 10.9. The Labute approximate surface area is 152 Å². The average Bonchev–Trinajstić information content (AvgIpc) is 2.82. The molecule has 2 aromatic rings.